The predicted octanol–water partition coefficient (Wildman–Crippen LogP) is 1.45. The molecule has 2 amide bonds. The number of carbonyl (C=O) groups excluding carboxylic acids is 1. The summed E-state index contributed by atoms with van der Waals surface area (Å²) in [4.78, 5) is 26.6. The Labute approximate surface area is 120 Å². The number of hydrogen-bond donors (Lipinski definition) is 0. The van der Waals surface area contributed by atoms with Gasteiger partial charge in [0.15, 0.2) is 0 Å². The molecule has 6 nitrogen and oxygen atoms in total. The maximum absolute atomic E-state index is 12.2. The van der Waals surface area contributed by atoms with Crippen molar-refractivity contribution in [3.8, 4) is 0 Å². The van der Waals surface area contributed by atoms with Crippen molar-refractivity contribution in [1.29, 1.82) is 0 Å². The fraction of sp³-hybridized carbons (Fsp3) is 0.643. The Bertz CT molecular complexity index is 417. The molecule has 0 unspecified atom stereocenters. The summed E-state index contributed by atoms with van der Waals surface area (Å²) < 4.78 is 0. The monoisotopic (exact) mass is 277 g/mol. The van der Waals surface area contributed by atoms with E-state index in [9.17, 15) is 4.79 Å². The van der Waals surface area contributed by atoms with Gasteiger partial charge in [0.05, 0.1) is 0 Å². The number of carbonyl (C=O) groups is 1. The molecular weight excluding hydrogens is 254 g/mol. The number of piperazine rings is 1. The van der Waals surface area contributed by atoms with Gasteiger partial charge in [-0.3, -0.25) is 0 Å². The molecule has 1 aliphatic rings. The highest BCUT2D eigenvalue weighted by Crippen LogP contribution is 2.11. The van der Waals surface area contributed by atoms with Crippen LogP contribution in [0.4, 0.5) is 10.7 Å². The summed E-state index contributed by atoms with van der Waals surface area (Å²) in [7, 11) is 1.88. The molecule has 0 spiro atoms. The van der Waals surface area contributed by atoms with E-state index in [4.69, 9.17) is 0 Å². The third-order valence-electron chi connectivity index (χ3n) is 3.56. The second-order valence-corrected chi connectivity index (χ2v) is 5.08. The molecule has 2 rings (SSSR count). The highest BCUT2D eigenvalue weighted by molar-refractivity contribution is 5.74. The Kier molecular flexibility index (Phi) is 5.15. The highest BCUT2D eigenvalue weighted by Gasteiger charge is 2.24. The highest BCUT2D eigenvalue weighted by atomic mass is 16.2. The fourth-order valence-corrected chi connectivity index (χ4v) is 2.28. The standard InChI is InChI=1S/C14H23N5O/c1-3-4-8-17(2)14(20)19-11-9-18(10-12-19)13-15-6-5-7-16-13/h5-7H,3-4,8-12H2,1-2H3. The largest absolute Gasteiger partial charge is 0.337 e. The van der Waals surface area contributed by atoms with E-state index in [1.807, 2.05) is 22.9 Å². The first-order chi connectivity index (χ1) is 9.72. The van der Waals surface area contributed by atoms with Crippen LogP contribution >= 0.6 is 0 Å². The second-order valence-electron chi connectivity index (χ2n) is 5.08. The Morgan fingerprint density at radius 2 is 1.90 bits per heavy atom. The predicted molar refractivity (Wildman–Crippen MR) is 78.8 cm³/mol. The molecule has 2 heterocycles. The van der Waals surface area contributed by atoms with Gasteiger partial charge in [0.2, 0.25) is 5.95 Å². The summed E-state index contributed by atoms with van der Waals surface area (Å²) in [5.74, 6) is 0.749. The van der Waals surface area contributed by atoms with E-state index in [2.05, 4.69) is 21.8 Å². The molecule has 0 radical (unpaired) electrons. The van der Waals surface area contributed by atoms with Crippen LogP contribution in [0, 0.1) is 0 Å². The molecule has 0 aliphatic carbocycles. The smallest absolute Gasteiger partial charge is 0.319 e. The molecule has 1 aromatic rings. The molecular formula is C14H23N5O. The zero-order valence-electron chi connectivity index (χ0n) is 12.3. The molecule has 110 valence electrons. The molecule has 1 aliphatic heterocycles. The van der Waals surface area contributed by atoms with Crippen LogP contribution in [0.25, 0.3) is 0 Å². The number of unbranched alkanes of at least 4 members (excludes halogenated alkanes) is 1. The number of anilines is 1. The Balaban J connectivity index is 1.83. The van der Waals surface area contributed by atoms with Crippen molar-refractivity contribution in [2.75, 3.05) is 44.7 Å². The summed E-state index contributed by atoms with van der Waals surface area (Å²) >= 11 is 0. The summed E-state index contributed by atoms with van der Waals surface area (Å²) in [6.07, 6.45) is 5.66. The van der Waals surface area contributed by atoms with Gasteiger partial charge < -0.3 is 14.7 Å². The molecule has 0 bridgehead atoms. The number of hydrogen-bond acceptors (Lipinski definition) is 4. The average Bonchev–Trinajstić information content (AvgIpc) is 2.53. The maximum Gasteiger partial charge on any atom is 0.319 e. The Morgan fingerprint density at radius 3 is 2.50 bits per heavy atom. The van der Waals surface area contributed by atoms with E-state index < -0.39 is 0 Å². The third kappa shape index (κ3) is 3.59. The first kappa shape index (κ1) is 14.6. The SMILES string of the molecule is CCCCN(C)C(=O)N1CCN(c2ncccn2)CC1. The van der Waals surface area contributed by atoms with Crippen LogP contribution in [-0.2, 0) is 0 Å². The van der Waals surface area contributed by atoms with Gasteiger partial charge in [-0.15, -0.1) is 0 Å². The lowest BCUT2D eigenvalue weighted by Gasteiger charge is -2.36. The van der Waals surface area contributed by atoms with E-state index in [-0.39, 0.29) is 6.03 Å². The van der Waals surface area contributed by atoms with E-state index >= 15 is 0 Å². The third-order valence-corrected chi connectivity index (χ3v) is 3.56. The summed E-state index contributed by atoms with van der Waals surface area (Å²) in [5, 5.41) is 0. The fourth-order valence-electron chi connectivity index (χ4n) is 2.28. The first-order valence-corrected chi connectivity index (χ1v) is 7.24. The Morgan fingerprint density at radius 1 is 1.25 bits per heavy atom. The molecule has 6 heteroatoms. The van der Waals surface area contributed by atoms with Crippen molar-refractivity contribution < 1.29 is 4.79 Å². The number of amides is 2. The van der Waals surface area contributed by atoms with Gasteiger partial charge in [-0.05, 0) is 12.5 Å². The molecule has 0 saturated carbocycles. The van der Waals surface area contributed by atoms with Crippen molar-refractivity contribution in [2.24, 2.45) is 0 Å². The summed E-state index contributed by atoms with van der Waals surface area (Å²) in [6, 6.07) is 1.94. The van der Waals surface area contributed by atoms with E-state index in [0.29, 0.717) is 0 Å². The summed E-state index contributed by atoms with van der Waals surface area (Å²) in [6.45, 7) is 6.00. The van der Waals surface area contributed by atoms with Crippen molar-refractivity contribution in [1.82, 2.24) is 19.8 Å². The molecule has 1 aromatic heterocycles. The van der Waals surface area contributed by atoms with Gasteiger partial charge in [0.25, 0.3) is 0 Å². The maximum atomic E-state index is 12.2. The topological polar surface area (TPSA) is 52.6 Å². The van der Waals surface area contributed by atoms with Crippen LogP contribution in [0.15, 0.2) is 18.5 Å². The number of rotatable bonds is 4. The molecule has 0 aromatic carbocycles. The van der Waals surface area contributed by atoms with Gasteiger partial charge in [-0.1, -0.05) is 13.3 Å². The van der Waals surface area contributed by atoms with Crippen molar-refractivity contribution in [2.45, 2.75) is 19.8 Å². The first-order valence-electron chi connectivity index (χ1n) is 7.24. The minimum absolute atomic E-state index is 0.132. The summed E-state index contributed by atoms with van der Waals surface area (Å²) in [5.41, 5.74) is 0. The van der Waals surface area contributed by atoms with Gasteiger partial charge in [0.1, 0.15) is 0 Å². The van der Waals surface area contributed by atoms with Crippen LogP contribution in [0.5, 0.6) is 0 Å². The van der Waals surface area contributed by atoms with Crippen molar-refractivity contribution >= 4 is 12.0 Å². The zero-order valence-corrected chi connectivity index (χ0v) is 12.3. The van der Waals surface area contributed by atoms with Crippen molar-refractivity contribution in [3.63, 3.8) is 0 Å². The van der Waals surface area contributed by atoms with Gasteiger partial charge in [0, 0.05) is 52.2 Å². The lowest BCUT2D eigenvalue weighted by atomic mass is 10.3. The zero-order chi connectivity index (χ0) is 14.4. The molecule has 1 fully saturated rings. The average molecular weight is 277 g/mol. The van der Waals surface area contributed by atoms with Crippen LogP contribution < -0.4 is 4.90 Å². The quantitative estimate of drug-likeness (QED) is 0.836. The van der Waals surface area contributed by atoms with E-state index in [1.54, 1.807) is 12.4 Å². The van der Waals surface area contributed by atoms with Crippen LogP contribution in [0.2, 0.25) is 0 Å². The van der Waals surface area contributed by atoms with Crippen LogP contribution in [-0.4, -0.2) is 65.6 Å². The molecule has 0 atom stereocenters. The van der Waals surface area contributed by atoms with E-state index in [1.165, 1.54) is 0 Å². The second kappa shape index (κ2) is 7.07. The lowest BCUT2D eigenvalue weighted by molar-refractivity contribution is 0.159. The molecule has 0 N–H and O–H groups in total. The van der Waals surface area contributed by atoms with Crippen LogP contribution in [0.1, 0.15) is 19.8 Å². The number of urea groups is 1. The minimum Gasteiger partial charge on any atom is -0.337 e. The minimum atomic E-state index is 0.132. The molecule has 1 saturated heterocycles. The number of aromatic nitrogens is 2. The Hall–Kier alpha value is -1.85. The number of nitrogens with zero attached hydrogens (tertiary/aromatic N) is 5. The van der Waals surface area contributed by atoms with E-state index in [0.717, 1.165) is 51.5 Å². The van der Waals surface area contributed by atoms with Gasteiger partial charge in [-0.2, -0.15) is 0 Å². The van der Waals surface area contributed by atoms with Crippen LogP contribution in [0.3, 0.4) is 0 Å². The van der Waals surface area contributed by atoms with Crippen molar-refractivity contribution in [3.05, 3.63) is 18.5 Å². The van der Waals surface area contributed by atoms with Gasteiger partial charge >= 0.3 is 6.03 Å². The van der Waals surface area contributed by atoms with Gasteiger partial charge in [-0.25, -0.2) is 14.8 Å². The lowest BCUT2D eigenvalue weighted by Crippen LogP contribution is -2.52. The molecule has 20 heavy (non-hydrogen) atoms. The normalized spacial score (nSPS) is 15.3.